The van der Waals surface area contributed by atoms with Crippen LogP contribution in [0.25, 0.3) is 0 Å². The summed E-state index contributed by atoms with van der Waals surface area (Å²) in [7, 11) is 0. The molecule has 0 bridgehead atoms. The first-order chi connectivity index (χ1) is 9.88. The van der Waals surface area contributed by atoms with Crippen LogP contribution in [-0.4, -0.2) is 21.0 Å². The van der Waals surface area contributed by atoms with Gasteiger partial charge in [0.2, 0.25) is 0 Å². The van der Waals surface area contributed by atoms with Crippen molar-refractivity contribution >= 4 is 35.0 Å². The van der Waals surface area contributed by atoms with Crippen molar-refractivity contribution in [1.29, 1.82) is 0 Å². The van der Waals surface area contributed by atoms with Crippen molar-refractivity contribution in [3.05, 3.63) is 57.0 Å². The Hall–Kier alpha value is -2.19. The number of nitro groups is 1. The molecular formula is C12H6ClFN2O4S. The second kappa shape index (κ2) is 6.06. The summed E-state index contributed by atoms with van der Waals surface area (Å²) in [4.78, 5) is 25.3. The molecule has 0 saturated heterocycles. The van der Waals surface area contributed by atoms with Crippen LogP contribution >= 0.6 is 23.4 Å². The lowest BCUT2D eigenvalue weighted by Gasteiger charge is -2.04. The lowest BCUT2D eigenvalue weighted by molar-refractivity contribution is -0.388. The maximum Gasteiger partial charge on any atom is 0.338 e. The van der Waals surface area contributed by atoms with Crippen molar-refractivity contribution < 1.29 is 19.2 Å². The molecular weight excluding hydrogens is 323 g/mol. The van der Waals surface area contributed by atoms with Crippen LogP contribution in [0.3, 0.4) is 0 Å². The van der Waals surface area contributed by atoms with Crippen LogP contribution in [0.15, 0.2) is 40.4 Å². The molecule has 21 heavy (non-hydrogen) atoms. The maximum atomic E-state index is 13.3. The molecule has 9 heteroatoms. The van der Waals surface area contributed by atoms with Crippen LogP contribution in [-0.2, 0) is 0 Å². The summed E-state index contributed by atoms with van der Waals surface area (Å²) in [6.07, 6.45) is 1.23. The van der Waals surface area contributed by atoms with E-state index in [0.717, 1.165) is 30.0 Å². The van der Waals surface area contributed by atoms with E-state index in [1.807, 2.05) is 0 Å². The zero-order valence-electron chi connectivity index (χ0n) is 10.1. The highest BCUT2D eigenvalue weighted by atomic mass is 35.5. The van der Waals surface area contributed by atoms with Crippen LogP contribution in [0.5, 0.6) is 0 Å². The van der Waals surface area contributed by atoms with Gasteiger partial charge in [0.1, 0.15) is 5.82 Å². The molecule has 0 radical (unpaired) electrons. The normalized spacial score (nSPS) is 10.4. The number of hydrogen-bond acceptors (Lipinski definition) is 5. The smallest absolute Gasteiger partial charge is 0.338 e. The molecule has 1 N–H and O–H groups in total. The molecule has 2 rings (SSSR count). The monoisotopic (exact) mass is 328 g/mol. The zero-order valence-corrected chi connectivity index (χ0v) is 11.7. The zero-order chi connectivity index (χ0) is 15.6. The summed E-state index contributed by atoms with van der Waals surface area (Å²) in [5.41, 5.74) is -0.828. The highest BCUT2D eigenvalue weighted by molar-refractivity contribution is 7.99. The first-order valence-electron chi connectivity index (χ1n) is 5.39. The number of aromatic nitrogens is 1. The molecule has 1 aromatic heterocycles. The Morgan fingerprint density at radius 1 is 1.43 bits per heavy atom. The minimum Gasteiger partial charge on any atom is -0.478 e. The number of aromatic carboxylic acids is 1. The van der Waals surface area contributed by atoms with E-state index in [1.165, 1.54) is 12.3 Å². The van der Waals surface area contributed by atoms with E-state index in [1.54, 1.807) is 0 Å². The van der Waals surface area contributed by atoms with Crippen molar-refractivity contribution in [2.24, 2.45) is 0 Å². The van der Waals surface area contributed by atoms with Gasteiger partial charge in [0.05, 0.1) is 15.5 Å². The lowest BCUT2D eigenvalue weighted by Crippen LogP contribution is -2.00. The van der Waals surface area contributed by atoms with Gasteiger partial charge in [0, 0.05) is 17.2 Å². The summed E-state index contributed by atoms with van der Waals surface area (Å²) in [5.74, 6) is -2.31. The Labute approximate surface area is 126 Å². The van der Waals surface area contributed by atoms with Crippen molar-refractivity contribution in [3.63, 3.8) is 0 Å². The minimum absolute atomic E-state index is 0.0346. The van der Waals surface area contributed by atoms with Crippen LogP contribution in [0.2, 0.25) is 5.02 Å². The molecule has 0 amide bonds. The summed E-state index contributed by atoms with van der Waals surface area (Å²) in [6.45, 7) is 0. The third-order valence-electron chi connectivity index (χ3n) is 2.38. The van der Waals surface area contributed by atoms with Gasteiger partial charge in [-0.15, -0.1) is 0 Å². The number of hydrogen-bond donors (Lipinski definition) is 1. The van der Waals surface area contributed by atoms with E-state index in [2.05, 4.69) is 4.98 Å². The number of carbonyl (C=O) groups is 1. The number of halogens is 2. The van der Waals surface area contributed by atoms with E-state index in [0.29, 0.717) is 4.90 Å². The van der Waals surface area contributed by atoms with Gasteiger partial charge in [0.15, 0.2) is 5.03 Å². The summed E-state index contributed by atoms with van der Waals surface area (Å²) in [6, 6.07) is 4.51. The van der Waals surface area contributed by atoms with Gasteiger partial charge >= 0.3 is 11.7 Å². The van der Waals surface area contributed by atoms with Gasteiger partial charge in [-0.3, -0.25) is 10.1 Å². The van der Waals surface area contributed by atoms with Crippen molar-refractivity contribution in [1.82, 2.24) is 4.98 Å². The Bertz CT molecular complexity index is 741. The number of pyridine rings is 1. The van der Waals surface area contributed by atoms with Crippen molar-refractivity contribution in [2.45, 2.75) is 9.92 Å². The van der Waals surface area contributed by atoms with E-state index in [-0.39, 0.29) is 15.7 Å². The lowest BCUT2D eigenvalue weighted by atomic mass is 10.2. The molecule has 0 aliphatic carbocycles. The molecule has 2 aromatic rings. The minimum atomic E-state index is -1.42. The van der Waals surface area contributed by atoms with Crippen molar-refractivity contribution in [2.75, 3.05) is 0 Å². The summed E-state index contributed by atoms with van der Waals surface area (Å²) < 4.78 is 13.3. The van der Waals surface area contributed by atoms with E-state index in [4.69, 9.17) is 16.7 Å². The quantitative estimate of drug-likeness (QED) is 0.680. The average molecular weight is 329 g/mol. The van der Waals surface area contributed by atoms with Crippen molar-refractivity contribution in [3.8, 4) is 0 Å². The van der Waals surface area contributed by atoms with E-state index >= 15 is 0 Å². The molecule has 0 aliphatic rings. The van der Waals surface area contributed by atoms with E-state index < -0.39 is 22.3 Å². The molecule has 0 atom stereocenters. The second-order valence-corrected chi connectivity index (χ2v) is 5.28. The molecule has 108 valence electrons. The molecule has 6 nitrogen and oxygen atoms in total. The fourth-order valence-corrected chi connectivity index (χ4v) is 2.50. The molecule has 0 unspecified atom stereocenters. The third-order valence-corrected chi connectivity index (χ3v) is 3.58. The van der Waals surface area contributed by atoms with Crippen LogP contribution in [0, 0.1) is 15.9 Å². The molecule has 0 fully saturated rings. The number of rotatable bonds is 4. The largest absolute Gasteiger partial charge is 0.478 e. The van der Waals surface area contributed by atoms with Gasteiger partial charge < -0.3 is 5.11 Å². The van der Waals surface area contributed by atoms with Gasteiger partial charge in [-0.2, -0.15) is 0 Å². The SMILES string of the molecule is O=C(O)c1cc(Sc2ncc(Cl)cc2[N+](=O)[O-])ccc1F. The first-order valence-corrected chi connectivity index (χ1v) is 6.58. The third kappa shape index (κ3) is 3.47. The molecule has 0 saturated carbocycles. The summed E-state index contributed by atoms with van der Waals surface area (Å²) >= 11 is 6.50. The topological polar surface area (TPSA) is 93.3 Å². The molecule has 0 spiro atoms. The predicted molar refractivity (Wildman–Crippen MR) is 73.4 cm³/mol. The number of carboxylic acids is 1. The number of carboxylic acid groups (broad SMARTS) is 1. The Balaban J connectivity index is 2.41. The van der Waals surface area contributed by atoms with Gasteiger partial charge in [-0.1, -0.05) is 23.4 Å². The van der Waals surface area contributed by atoms with Crippen LogP contribution in [0.1, 0.15) is 10.4 Å². The predicted octanol–water partition coefficient (Wildman–Crippen LogP) is 3.63. The standard InChI is InChI=1S/C12H6ClFN2O4S/c13-6-3-10(16(19)20)11(15-5-6)21-7-1-2-9(14)8(4-7)12(17)18/h1-5H,(H,17,18). The van der Waals surface area contributed by atoms with Crippen LogP contribution < -0.4 is 0 Å². The fraction of sp³-hybridized carbons (Fsp3) is 0. The van der Waals surface area contributed by atoms with Gasteiger partial charge in [-0.05, 0) is 18.2 Å². The highest BCUT2D eigenvalue weighted by Crippen LogP contribution is 2.34. The molecule has 0 aliphatic heterocycles. The van der Waals surface area contributed by atoms with Gasteiger partial charge in [0.25, 0.3) is 0 Å². The summed E-state index contributed by atoms with van der Waals surface area (Å²) in [5, 5.41) is 19.9. The fourth-order valence-electron chi connectivity index (χ4n) is 1.47. The Kier molecular flexibility index (Phi) is 4.39. The molecule has 1 heterocycles. The van der Waals surface area contributed by atoms with Crippen LogP contribution in [0.4, 0.5) is 10.1 Å². The average Bonchev–Trinajstić information content (AvgIpc) is 2.42. The number of benzene rings is 1. The Morgan fingerprint density at radius 2 is 2.14 bits per heavy atom. The number of nitrogens with zero attached hydrogens (tertiary/aromatic N) is 2. The van der Waals surface area contributed by atoms with E-state index in [9.17, 15) is 19.3 Å². The Morgan fingerprint density at radius 3 is 2.76 bits per heavy atom. The van der Waals surface area contributed by atoms with Gasteiger partial charge in [-0.25, -0.2) is 14.2 Å². The second-order valence-electron chi connectivity index (χ2n) is 3.78. The maximum absolute atomic E-state index is 13.3. The first kappa shape index (κ1) is 15.2. The highest BCUT2D eigenvalue weighted by Gasteiger charge is 2.18. The molecule has 1 aromatic carbocycles.